The lowest BCUT2D eigenvalue weighted by atomic mass is 9.81. The second-order valence-electron chi connectivity index (χ2n) is 5.77. The maximum Gasteiger partial charge on any atom is 0.0558 e. The van der Waals surface area contributed by atoms with E-state index in [1.807, 2.05) is 0 Å². The Balaban J connectivity index is 1.84. The van der Waals surface area contributed by atoms with Gasteiger partial charge in [-0.25, -0.2) is 0 Å². The zero-order valence-corrected chi connectivity index (χ0v) is 11.0. The summed E-state index contributed by atoms with van der Waals surface area (Å²) in [5, 5.41) is 12.6. The van der Waals surface area contributed by atoms with Crippen LogP contribution in [0.2, 0.25) is 0 Å². The molecule has 0 amide bonds. The zero-order valence-electron chi connectivity index (χ0n) is 11.0. The zero-order chi connectivity index (χ0) is 12.1. The molecule has 1 atom stereocenters. The fourth-order valence-corrected chi connectivity index (χ4v) is 2.70. The molecule has 1 saturated carbocycles. The van der Waals surface area contributed by atoms with E-state index in [4.69, 9.17) is 9.84 Å². The molecule has 0 aromatic rings. The standard InChI is InChI=1S/C13H26N2O2/c1-15(6-7-16)10-13(5-2-8-17-11-13)9-14-12-3-4-12/h12,14,16H,2-11H2,1H3. The lowest BCUT2D eigenvalue weighted by Gasteiger charge is -2.40. The number of aliphatic hydroxyl groups excluding tert-OH is 1. The minimum atomic E-state index is 0.240. The predicted molar refractivity (Wildman–Crippen MR) is 68.1 cm³/mol. The summed E-state index contributed by atoms with van der Waals surface area (Å²) in [6.45, 7) is 4.85. The van der Waals surface area contributed by atoms with E-state index in [0.717, 1.165) is 38.9 Å². The maximum absolute atomic E-state index is 8.99. The Bertz CT molecular complexity index is 225. The molecule has 2 rings (SSSR count). The molecule has 2 fully saturated rings. The first-order valence-corrected chi connectivity index (χ1v) is 6.85. The van der Waals surface area contributed by atoms with Gasteiger partial charge in [0.15, 0.2) is 0 Å². The normalized spacial score (nSPS) is 29.8. The summed E-state index contributed by atoms with van der Waals surface area (Å²) >= 11 is 0. The number of hydrogen-bond donors (Lipinski definition) is 2. The minimum Gasteiger partial charge on any atom is -0.395 e. The summed E-state index contributed by atoms with van der Waals surface area (Å²) in [6.07, 6.45) is 5.08. The van der Waals surface area contributed by atoms with Crippen LogP contribution in [-0.4, -0.2) is 62.6 Å². The monoisotopic (exact) mass is 242 g/mol. The predicted octanol–water partition coefficient (Wildman–Crippen LogP) is 0.459. The molecule has 0 radical (unpaired) electrons. The van der Waals surface area contributed by atoms with Crippen LogP contribution in [0.4, 0.5) is 0 Å². The van der Waals surface area contributed by atoms with Crippen LogP contribution in [0.1, 0.15) is 25.7 Å². The van der Waals surface area contributed by atoms with E-state index < -0.39 is 0 Å². The summed E-state index contributed by atoms with van der Waals surface area (Å²) in [5.74, 6) is 0. The smallest absolute Gasteiger partial charge is 0.0558 e. The topological polar surface area (TPSA) is 44.7 Å². The Morgan fingerprint density at radius 3 is 2.88 bits per heavy atom. The fourth-order valence-electron chi connectivity index (χ4n) is 2.70. The van der Waals surface area contributed by atoms with Gasteiger partial charge >= 0.3 is 0 Å². The molecule has 2 N–H and O–H groups in total. The highest BCUT2D eigenvalue weighted by Crippen LogP contribution is 2.30. The van der Waals surface area contributed by atoms with Crippen LogP contribution >= 0.6 is 0 Å². The Morgan fingerprint density at radius 2 is 2.29 bits per heavy atom. The van der Waals surface area contributed by atoms with Crippen molar-refractivity contribution < 1.29 is 9.84 Å². The number of rotatable bonds is 7. The van der Waals surface area contributed by atoms with Crippen LogP contribution < -0.4 is 5.32 Å². The summed E-state index contributed by atoms with van der Waals surface area (Å²) in [6, 6.07) is 0.761. The van der Waals surface area contributed by atoms with Gasteiger partial charge in [0.25, 0.3) is 0 Å². The Kier molecular flexibility index (Phi) is 4.79. The lowest BCUT2D eigenvalue weighted by Crippen LogP contribution is -2.49. The molecule has 1 saturated heterocycles. The Hall–Kier alpha value is -0.160. The van der Waals surface area contributed by atoms with Crippen LogP contribution in [0.3, 0.4) is 0 Å². The maximum atomic E-state index is 8.99. The number of ether oxygens (including phenoxy) is 1. The molecule has 1 aliphatic carbocycles. The molecule has 0 bridgehead atoms. The van der Waals surface area contributed by atoms with E-state index in [0.29, 0.717) is 0 Å². The number of nitrogens with zero attached hydrogens (tertiary/aromatic N) is 1. The molecule has 0 spiro atoms. The van der Waals surface area contributed by atoms with Crippen LogP contribution in [0.5, 0.6) is 0 Å². The molecular formula is C13H26N2O2. The summed E-state index contributed by atoms with van der Waals surface area (Å²) in [4.78, 5) is 2.23. The molecule has 0 aromatic carbocycles. The lowest BCUT2D eigenvalue weighted by molar-refractivity contribution is -0.0243. The van der Waals surface area contributed by atoms with Crippen molar-refractivity contribution in [2.75, 3.05) is 46.5 Å². The van der Waals surface area contributed by atoms with E-state index in [2.05, 4.69) is 17.3 Å². The van der Waals surface area contributed by atoms with Gasteiger partial charge in [0.05, 0.1) is 13.2 Å². The second kappa shape index (κ2) is 6.14. The highest BCUT2D eigenvalue weighted by Gasteiger charge is 2.35. The first-order chi connectivity index (χ1) is 8.24. The van der Waals surface area contributed by atoms with Gasteiger partial charge in [0, 0.05) is 37.7 Å². The molecular weight excluding hydrogens is 216 g/mol. The third kappa shape index (κ3) is 4.21. The van der Waals surface area contributed by atoms with Gasteiger partial charge in [-0.3, -0.25) is 0 Å². The van der Waals surface area contributed by atoms with Crippen LogP contribution in [-0.2, 0) is 4.74 Å². The van der Waals surface area contributed by atoms with Gasteiger partial charge in [-0.1, -0.05) is 0 Å². The van der Waals surface area contributed by atoms with Crippen molar-refractivity contribution in [3.63, 3.8) is 0 Å². The van der Waals surface area contributed by atoms with Crippen molar-refractivity contribution in [2.45, 2.75) is 31.7 Å². The fraction of sp³-hybridized carbons (Fsp3) is 1.00. The van der Waals surface area contributed by atoms with Crippen LogP contribution in [0.25, 0.3) is 0 Å². The van der Waals surface area contributed by atoms with Gasteiger partial charge in [0.1, 0.15) is 0 Å². The van der Waals surface area contributed by atoms with E-state index in [1.165, 1.54) is 25.7 Å². The highest BCUT2D eigenvalue weighted by atomic mass is 16.5. The van der Waals surface area contributed by atoms with Crippen LogP contribution in [0.15, 0.2) is 0 Å². The summed E-state index contributed by atoms with van der Waals surface area (Å²) < 4.78 is 5.69. The average Bonchev–Trinajstić information content (AvgIpc) is 3.12. The third-order valence-corrected chi connectivity index (χ3v) is 3.83. The first kappa shape index (κ1) is 13.3. The molecule has 1 unspecified atom stereocenters. The molecule has 1 heterocycles. The Labute approximate surface area is 104 Å². The highest BCUT2D eigenvalue weighted by molar-refractivity contribution is 4.90. The summed E-state index contributed by atoms with van der Waals surface area (Å²) in [5.41, 5.74) is 0.255. The van der Waals surface area contributed by atoms with Gasteiger partial charge < -0.3 is 20.1 Å². The number of hydrogen-bond acceptors (Lipinski definition) is 4. The first-order valence-electron chi connectivity index (χ1n) is 6.85. The molecule has 0 aromatic heterocycles. The Morgan fingerprint density at radius 1 is 1.47 bits per heavy atom. The van der Waals surface area contributed by atoms with E-state index in [1.54, 1.807) is 0 Å². The average molecular weight is 242 g/mol. The van der Waals surface area contributed by atoms with Crippen molar-refractivity contribution in [1.82, 2.24) is 10.2 Å². The largest absolute Gasteiger partial charge is 0.395 e. The number of aliphatic hydroxyl groups is 1. The summed E-state index contributed by atoms with van der Waals surface area (Å²) in [7, 11) is 2.09. The molecule has 2 aliphatic rings. The van der Waals surface area contributed by atoms with Crippen molar-refractivity contribution in [3.8, 4) is 0 Å². The molecule has 100 valence electrons. The SMILES string of the molecule is CN(CCO)CC1(CNC2CC2)CCCOC1. The van der Waals surface area contributed by atoms with Gasteiger partial charge in [-0.05, 0) is 32.7 Å². The van der Waals surface area contributed by atoms with Crippen molar-refractivity contribution in [1.29, 1.82) is 0 Å². The molecule has 17 heavy (non-hydrogen) atoms. The van der Waals surface area contributed by atoms with Gasteiger partial charge in [-0.2, -0.15) is 0 Å². The second-order valence-corrected chi connectivity index (χ2v) is 5.77. The van der Waals surface area contributed by atoms with Crippen molar-refractivity contribution in [2.24, 2.45) is 5.41 Å². The third-order valence-electron chi connectivity index (χ3n) is 3.83. The van der Waals surface area contributed by atoms with Gasteiger partial charge in [-0.15, -0.1) is 0 Å². The number of nitrogens with one attached hydrogen (secondary N) is 1. The van der Waals surface area contributed by atoms with Gasteiger partial charge in [0.2, 0.25) is 0 Å². The van der Waals surface area contributed by atoms with E-state index >= 15 is 0 Å². The van der Waals surface area contributed by atoms with E-state index in [9.17, 15) is 0 Å². The molecule has 4 nitrogen and oxygen atoms in total. The molecule has 4 heteroatoms. The molecule has 1 aliphatic heterocycles. The minimum absolute atomic E-state index is 0.240. The number of likely N-dealkylation sites (N-methyl/N-ethyl adjacent to an activating group) is 1. The van der Waals surface area contributed by atoms with Crippen molar-refractivity contribution >= 4 is 0 Å². The van der Waals surface area contributed by atoms with Crippen LogP contribution in [0, 0.1) is 5.41 Å². The van der Waals surface area contributed by atoms with E-state index in [-0.39, 0.29) is 12.0 Å². The van der Waals surface area contributed by atoms with Crippen molar-refractivity contribution in [3.05, 3.63) is 0 Å². The quantitative estimate of drug-likeness (QED) is 0.681.